The lowest BCUT2D eigenvalue weighted by Gasteiger charge is -2.25. The van der Waals surface area contributed by atoms with Crippen molar-refractivity contribution in [2.75, 3.05) is 26.1 Å². The Morgan fingerprint density at radius 3 is 1.92 bits per heavy atom. The normalized spacial score (nSPS) is 15.0. The SMILES string of the molecule is COC(=O)c1cc(NC(=O)C2(CN)CCCC2)cc(C(=O)OC)c1.Cl. The molecule has 1 aromatic rings. The molecule has 0 aliphatic heterocycles. The molecule has 1 aliphatic rings. The van der Waals surface area contributed by atoms with Crippen LogP contribution in [0.2, 0.25) is 0 Å². The van der Waals surface area contributed by atoms with Crippen LogP contribution in [0.4, 0.5) is 5.69 Å². The van der Waals surface area contributed by atoms with E-state index in [2.05, 4.69) is 14.8 Å². The van der Waals surface area contributed by atoms with E-state index in [9.17, 15) is 14.4 Å². The summed E-state index contributed by atoms with van der Waals surface area (Å²) in [7, 11) is 2.49. The van der Waals surface area contributed by atoms with Crippen LogP contribution < -0.4 is 11.1 Å². The molecule has 0 unspecified atom stereocenters. The molecule has 0 bridgehead atoms. The summed E-state index contributed by atoms with van der Waals surface area (Å²) >= 11 is 0. The summed E-state index contributed by atoms with van der Waals surface area (Å²) < 4.78 is 9.36. The maximum atomic E-state index is 12.6. The van der Waals surface area contributed by atoms with E-state index in [1.165, 1.54) is 32.4 Å². The van der Waals surface area contributed by atoms with Crippen molar-refractivity contribution >= 4 is 35.9 Å². The highest BCUT2D eigenvalue weighted by Gasteiger charge is 2.39. The number of hydrogen-bond acceptors (Lipinski definition) is 6. The fourth-order valence-corrected chi connectivity index (χ4v) is 3.01. The van der Waals surface area contributed by atoms with Crippen molar-refractivity contribution in [3.05, 3.63) is 29.3 Å². The fraction of sp³-hybridized carbons (Fsp3) is 0.471. The van der Waals surface area contributed by atoms with Gasteiger partial charge in [0.05, 0.1) is 30.8 Å². The minimum atomic E-state index is -0.606. The Morgan fingerprint density at radius 2 is 1.52 bits per heavy atom. The molecule has 2 rings (SSSR count). The van der Waals surface area contributed by atoms with E-state index in [1.807, 2.05) is 0 Å². The first-order valence-electron chi connectivity index (χ1n) is 7.79. The average molecular weight is 371 g/mol. The summed E-state index contributed by atoms with van der Waals surface area (Å²) in [4.78, 5) is 36.2. The molecule has 0 heterocycles. The van der Waals surface area contributed by atoms with E-state index in [4.69, 9.17) is 5.73 Å². The molecule has 1 aromatic carbocycles. The summed E-state index contributed by atoms with van der Waals surface area (Å²) in [6, 6.07) is 4.30. The van der Waals surface area contributed by atoms with Crippen LogP contribution in [0.15, 0.2) is 18.2 Å². The van der Waals surface area contributed by atoms with Gasteiger partial charge in [-0.1, -0.05) is 12.8 Å². The Hall–Kier alpha value is -2.12. The van der Waals surface area contributed by atoms with Gasteiger partial charge in [-0.15, -0.1) is 12.4 Å². The van der Waals surface area contributed by atoms with E-state index in [0.717, 1.165) is 25.7 Å². The number of rotatable bonds is 5. The zero-order valence-electron chi connectivity index (χ0n) is 14.3. The lowest BCUT2D eigenvalue weighted by atomic mass is 9.85. The number of nitrogens with one attached hydrogen (secondary N) is 1. The van der Waals surface area contributed by atoms with E-state index in [-0.39, 0.29) is 36.0 Å². The maximum absolute atomic E-state index is 12.6. The monoisotopic (exact) mass is 370 g/mol. The zero-order chi connectivity index (χ0) is 17.7. The number of amides is 1. The van der Waals surface area contributed by atoms with Crippen molar-refractivity contribution in [3.8, 4) is 0 Å². The van der Waals surface area contributed by atoms with Crippen LogP contribution in [-0.4, -0.2) is 38.6 Å². The molecule has 1 fully saturated rings. The first kappa shape index (κ1) is 20.9. The van der Waals surface area contributed by atoms with Crippen molar-refractivity contribution in [3.63, 3.8) is 0 Å². The standard InChI is InChI=1S/C17H22N2O5.ClH/c1-23-14(20)11-7-12(15(21)24-2)9-13(8-11)19-16(22)17(10-18)5-3-4-6-17;/h7-9H,3-6,10,18H2,1-2H3,(H,19,22);1H. The number of ether oxygens (including phenoxy) is 2. The van der Waals surface area contributed by atoms with Gasteiger partial charge in [0.2, 0.25) is 5.91 Å². The van der Waals surface area contributed by atoms with Gasteiger partial charge in [0.15, 0.2) is 0 Å². The van der Waals surface area contributed by atoms with Crippen LogP contribution >= 0.6 is 12.4 Å². The third kappa shape index (κ3) is 4.49. The highest BCUT2D eigenvalue weighted by molar-refractivity contribution is 6.01. The van der Waals surface area contributed by atoms with Gasteiger partial charge >= 0.3 is 11.9 Å². The van der Waals surface area contributed by atoms with Gasteiger partial charge in [0.1, 0.15) is 0 Å². The van der Waals surface area contributed by atoms with Gasteiger partial charge in [-0.2, -0.15) is 0 Å². The summed E-state index contributed by atoms with van der Waals surface area (Å²) in [6.45, 7) is 0.263. The van der Waals surface area contributed by atoms with Gasteiger partial charge in [0, 0.05) is 12.2 Å². The topological polar surface area (TPSA) is 108 Å². The van der Waals surface area contributed by atoms with Crippen LogP contribution in [0.3, 0.4) is 0 Å². The lowest BCUT2D eigenvalue weighted by Crippen LogP contribution is -2.40. The van der Waals surface area contributed by atoms with E-state index < -0.39 is 17.4 Å². The van der Waals surface area contributed by atoms with Gasteiger partial charge < -0.3 is 20.5 Å². The van der Waals surface area contributed by atoms with Crippen LogP contribution in [-0.2, 0) is 14.3 Å². The number of methoxy groups -OCH3 is 2. The molecule has 1 amide bonds. The molecule has 3 N–H and O–H groups in total. The average Bonchev–Trinajstić information content (AvgIpc) is 3.10. The summed E-state index contributed by atoms with van der Waals surface area (Å²) in [5, 5.41) is 2.78. The van der Waals surface area contributed by atoms with Gasteiger partial charge in [-0.3, -0.25) is 4.79 Å². The summed E-state index contributed by atoms with van der Waals surface area (Å²) in [5.41, 5.74) is 5.87. The number of anilines is 1. The largest absolute Gasteiger partial charge is 0.465 e. The first-order valence-corrected chi connectivity index (χ1v) is 7.79. The Kier molecular flexibility index (Phi) is 7.38. The molecule has 7 nitrogen and oxygen atoms in total. The second kappa shape index (κ2) is 8.82. The molecule has 138 valence electrons. The Labute approximate surface area is 152 Å². The van der Waals surface area contributed by atoms with Gasteiger partial charge in [-0.05, 0) is 31.0 Å². The molecule has 1 aliphatic carbocycles. The molecule has 0 saturated heterocycles. The highest BCUT2D eigenvalue weighted by Crippen LogP contribution is 2.38. The first-order chi connectivity index (χ1) is 11.5. The molecule has 0 atom stereocenters. The second-order valence-corrected chi connectivity index (χ2v) is 5.93. The van der Waals surface area contributed by atoms with Crippen LogP contribution in [0.25, 0.3) is 0 Å². The molecule has 0 aromatic heterocycles. The molecular weight excluding hydrogens is 348 g/mol. The van der Waals surface area contributed by atoms with Gasteiger partial charge in [-0.25, -0.2) is 9.59 Å². The number of esters is 2. The number of nitrogens with two attached hydrogens (primary N) is 1. The fourth-order valence-electron chi connectivity index (χ4n) is 3.01. The minimum Gasteiger partial charge on any atom is -0.465 e. The molecule has 0 spiro atoms. The van der Waals surface area contributed by atoms with Crippen molar-refractivity contribution < 1.29 is 23.9 Å². The lowest BCUT2D eigenvalue weighted by molar-refractivity contribution is -0.124. The van der Waals surface area contributed by atoms with E-state index in [1.54, 1.807) is 0 Å². The number of carbonyl (C=O) groups excluding carboxylic acids is 3. The number of hydrogen-bond donors (Lipinski definition) is 2. The van der Waals surface area contributed by atoms with Crippen LogP contribution in [0, 0.1) is 5.41 Å². The Morgan fingerprint density at radius 1 is 1.04 bits per heavy atom. The minimum absolute atomic E-state index is 0. The Bertz CT molecular complexity index is 622. The number of carbonyl (C=O) groups is 3. The Balaban J connectivity index is 0.00000312. The molecule has 25 heavy (non-hydrogen) atoms. The predicted molar refractivity (Wildman–Crippen MR) is 95.0 cm³/mol. The third-order valence-electron chi connectivity index (χ3n) is 4.47. The van der Waals surface area contributed by atoms with E-state index >= 15 is 0 Å². The summed E-state index contributed by atoms with van der Waals surface area (Å²) in [5.74, 6) is -1.41. The zero-order valence-corrected chi connectivity index (χ0v) is 15.1. The second-order valence-electron chi connectivity index (χ2n) is 5.93. The predicted octanol–water partition coefficient (Wildman–Crippen LogP) is 2.14. The van der Waals surface area contributed by atoms with Crippen LogP contribution in [0.1, 0.15) is 46.4 Å². The van der Waals surface area contributed by atoms with Crippen molar-refractivity contribution in [2.24, 2.45) is 11.1 Å². The number of benzene rings is 1. The summed E-state index contributed by atoms with van der Waals surface area (Å²) in [6.07, 6.45) is 3.38. The number of halogens is 1. The van der Waals surface area contributed by atoms with Crippen molar-refractivity contribution in [1.29, 1.82) is 0 Å². The van der Waals surface area contributed by atoms with Gasteiger partial charge in [0.25, 0.3) is 0 Å². The molecule has 1 saturated carbocycles. The molecule has 8 heteroatoms. The third-order valence-corrected chi connectivity index (χ3v) is 4.47. The molecular formula is C17H23ClN2O5. The maximum Gasteiger partial charge on any atom is 0.337 e. The quantitative estimate of drug-likeness (QED) is 0.769. The van der Waals surface area contributed by atoms with Crippen molar-refractivity contribution in [2.45, 2.75) is 25.7 Å². The van der Waals surface area contributed by atoms with Crippen LogP contribution in [0.5, 0.6) is 0 Å². The molecule has 0 radical (unpaired) electrons. The smallest absolute Gasteiger partial charge is 0.337 e. The van der Waals surface area contributed by atoms with E-state index in [0.29, 0.717) is 5.69 Å². The van der Waals surface area contributed by atoms with Crippen molar-refractivity contribution in [1.82, 2.24) is 0 Å². The highest BCUT2D eigenvalue weighted by atomic mass is 35.5.